The molecule has 1 amide bonds. The van der Waals surface area contributed by atoms with Crippen LogP contribution in [0.4, 0.5) is 0 Å². The van der Waals surface area contributed by atoms with Gasteiger partial charge >= 0.3 is 0 Å². The van der Waals surface area contributed by atoms with Crippen molar-refractivity contribution < 1.29 is 9.53 Å². The predicted molar refractivity (Wildman–Crippen MR) is 69.0 cm³/mol. The van der Waals surface area contributed by atoms with E-state index in [1.54, 1.807) is 7.11 Å². The van der Waals surface area contributed by atoms with Crippen molar-refractivity contribution in [2.75, 3.05) is 33.4 Å². The number of ether oxygens (including phenoxy) is 1. The van der Waals surface area contributed by atoms with Gasteiger partial charge in [-0.15, -0.1) is 0 Å². The van der Waals surface area contributed by atoms with Crippen LogP contribution in [-0.4, -0.2) is 50.2 Å². The molecule has 1 heterocycles. The van der Waals surface area contributed by atoms with Crippen LogP contribution in [0.15, 0.2) is 0 Å². The Hall–Kier alpha value is -0.610. The highest BCUT2D eigenvalue weighted by atomic mass is 16.5. The van der Waals surface area contributed by atoms with E-state index in [1.165, 1.54) is 32.1 Å². The van der Waals surface area contributed by atoms with Crippen molar-refractivity contribution >= 4 is 5.91 Å². The molecule has 4 heteroatoms. The minimum Gasteiger partial charge on any atom is -0.383 e. The Morgan fingerprint density at radius 2 is 1.82 bits per heavy atom. The molecule has 1 N–H and O–H groups in total. The summed E-state index contributed by atoms with van der Waals surface area (Å²) in [4.78, 5) is 14.1. The first-order valence-electron chi connectivity index (χ1n) is 6.73. The summed E-state index contributed by atoms with van der Waals surface area (Å²) in [5.74, 6) is 0.120. The van der Waals surface area contributed by atoms with Gasteiger partial charge in [-0.3, -0.25) is 9.69 Å². The Kier molecular flexibility index (Phi) is 7.21. The van der Waals surface area contributed by atoms with Gasteiger partial charge in [0.15, 0.2) is 0 Å². The van der Waals surface area contributed by atoms with Crippen molar-refractivity contribution in [1.29, 1.82) is 0 Å². The Labute approximate surface area is 105 Å². The van der Waals surface area contributed by atoms with Gasteiger partial charge in [-0.25, -0.2) is 0 Å². The lowest BCUT2D eigenvalue weighted by Crippen LogP contribution is -2.43. The molecule has 1 atom stereocenters. The highest BCUT2D eigenvalue weighted by Crippen LogP contribution is 2.09. The Morgan fingerprint density at radius 1 is 1.24 bits per heavy atom. The molecule has 0 aromatic rings. The summed E-state index contributed by atoms with van der Waals surface area (Å²) in [6.45, 7) is 5.20. The van der Waals surface area contributed by atoms with Crippen molar-refractivity contribution in [3.63, 3.8) is 0 Å². The Bertz CT molecular complexity index is 213. The average molecular weight is 242 g/mol. The van der Waals surface area contributed by atoms with Gasteiger partial charge < -0.3 is 10.1 Å². The first kappa shape index (κ1) is 14.5. The molecule has 1 fully saturated rings. The standard InChI is InChI=1S/C13H26N2O2/c1-12(11-17-2)14-13(16)10-15-8-6-4-3-5-7-9-15/h12H,3-11H2,1-2H3,(H,14,16)/t12-/m0/s1. The van der Waals surface area contributed by atoms with E-state index in [0.29, 0.717) is 13.2 Å². The number of carbonyl (C=O) groups is 1. The molecule has 0 unspecified atom stereocenters. The maximum absolute atomic E-state index is 11.8. The fraction of sp³-hybridized carbons (Fsp3) is 0.923. The second-order valence-electron chi connectivity index (χ2n) is 4.97. The summed E-state index contributed by atoms with van der Waals surface area (Å²) >= 11 is 0. The second-order valence-corrected chi connectivity index (χ2v) is 4.97. The van der Waals surface area contributed by atoms with Gasteiger partial charge in [0.1, 0.15) is 0 Å². The quantitative estimate of drug-likeness (QED) is 0.792. The van der Waals surface area contributed by atoms with Gasteiger partial charge in [0, 0.05) is 13.2 Å². The minimum atomic E-state index is 0.0993. The van der Waals surface area contributed by atoms with E-state index in [4.69, 9.17) is 4.74 Å². The lowest BCUT2D eigenvalue weighted by molar-refractivity contribution is -0.123. The van der Waals surface area contributed by atoms with Crippen LogP contribution in [0, 0.1) is 0 Å². The van der Waals surface area contributed by atoms with Crippen LogP contribution >= 0.6 is 0 Å². The molecule has 0 bridgehead atoms. The van der Waals surface area contributed by atoms with Crippen LogP contribution < -0.4 is 5.32 Å². The summed E-state index contributed by atoms with van der Waals surface area (Å²) in [7, 11) is 1.65. The van der Waals surface area contributed by atoms with Crippen molar-refractivity contribution in [2.45, 2.75) is 45.1 Å². The van der Waals surface area contributed by atoms with E-state index >= 15 is 0 Å². The molecule has 0 aromatic heterocycles. The molecule has 0 aromatic carbocycles. The fourth-order valence-electron chi connectivity index (χ4n) is 2.29. The summed E-state index contributed by atoms with van der Waals surface area (Å²) in [5, 5.41) is 2.96. The number of carbonyl (C=O) groups excluding carboxylic acids is 1. The molecule has 1 saturated heterocycles. The maximum Gasteiger partial charge on any atom is 0.234 e. The van der Waals surface area contributed by atoms with Crippen LogP contribution in [-0.2, 0) is 9.53 Å². The number of nitrogens with zero attached hydrogens (tertiary/aromatic N) is 1. The van der Waals surface area contributed by atoms with Crippen LogP contribution in [0.3, 0.4) is 0 Å². The average Bonchev–Trinajstić information content (AvgIpc) is 2.22. The molecule has 1 aliphatic rings. The summed E-state index contributed by atoms with van der Waals surface area (Å²) in [5.41, 5.74) is 0. The largest absolute Gasteiger partial charge is 0.383 e. The number of hydrogen-bond donors (Lipinski definition) is 1. The number of likely N-dealkylation sites (tertiary alicyclic amines) is 1. The second kappa shape index (κ2) is 8.48. The topological polar surface area (TPSA) is 41.6 Å². The monoisotopic (exact) mass is 242 g/mol. The van der Waals surface area contributed by atoms with Crippen LogP contribution in [0.5, 0.6) is 0 Å². The van der Waals surface area contributed by atoms with Gasteiger partial charge in [0.05, 0.1) is 13.2 Å². The van der Waals surface area contributed by atoms with Gasteiger partial charge in [0.2, 0.25) is 5.91 Å². The van der Waals surface area contributed by atoms with Gasteiger partial charge in [-0.2, -0.15) is 0 Å². The third-order valence-electron chi connectivity index (χ3n) is 3.14. The van der Waals surface area contributed by atoms with Crippen LogP contribution in [0.2, 0.25) is 0 Å². The van der Waals surface area contributed by atoms with E-state index in [2.05, 4.69) is 10.2 Å². The zero-order valence-electron chi connectivity index (χ0n) is 11.2. The van der Waals surface area contributed by atoms with E-state index < -0.39 is 0 Å². The number of hydrogen-bond acceptors (Lipinski definition) is 3. The molecular weight excluding hydrogens is 216 g/mol. The van der Waals surface area contributed by atoms with Crippen LogP contribution in [0.1, 0.15) is 39.0 Å². The fourth-order valence-corrected chi connectivity index (χ4v) is 2.29. The number of rotatable bonds is 5. The molecular formula is C13H26N2O2. The smallest absolute Gasteiger partial charge is 0.234 e. The highest BCUT2D eigenvalue weighted by Gasteiger charge is 2.13. The summed E-state index contributed by atoms with van der Waals surface area (Å²) in [6.07, 6.45) is 6.41. The first-order valence-corrected chi connectivity index (χ1v) is 6.73. The predicted octanol–water partition coefficient (Wildman–Crippen LogP) is 1.40. The lowest BCUT2D eigenvalue weighted by atomic mass is 10.1. The molecule has 0 radical (unpaired) electrons. The number of amides is 1. The van der Waals surface area contributed by atoms with Gasteiger partial charge in [-0.1, -0.05) is 19.3 Å². The van der Waals surface area contributed by atoms with Crippen molar-refractivity contribution in [3.8, 4) is 0 Å². The summed E-state index contributed by atoms with van der Waals surface area (Å²) in [6, 6.07) is 0.0993. The van der Waals surface area contributed by atoms with Gasteiger partial charge in [-0.05, 0) is 32.9 Å². The summed E-state index contributed by atoms with van der Waals surface area (Å²) < 4.78 is 5.00. The van der Waals surface area contributed by atoms with Crippen LogP contribution in [0.25, 0.3) is 0 Å². The molecule has 100 valence electrons. The molecule has 0 aliphatic carbocycles. The minimum absolute atomic E-state index is 0.0993. The van der Waals surface area contributed by atoms with E-state index in [0.717, 1.165) is 13.1 Å². The normalized spacial score (nSPS) is 20.4. The highest BCUT2D eigenvalue weighted by molar-refractivity contribution is 5.78. The number of methoxy groups -OCH3 is 1. The molecule has 1 rings (SSSR count). The Morgan fingerprint density at radius 3 is 2.41 bits per heavy atom. The lowest BCUT2D eigenvalue weighted by Gasteiger charge is -2.24. The van der Waals surface area contributed by atoms with E-state index in [9.17, 15) is 4.79 Å². The molecule has 17 heavy (non-hydrogen) atoms. The van der Waals surface area contributed by atoms with Crippen molar-refractivity contribution in [3.05, 3.63) is 0 Å². The van der Waals surface area contributed by atoms with Crippen molar-refractivity contribution in [2.24, 2.45) is 0 Å². The Balaban J connectivity index is 2.23. The van der Waals surface area contributed by atoms with E-state index in [1.807, 2.05) is 6.92 Å². The zero-order chi connectivity index (χ0) is 12.5. The molecule has 0 spiro atoms. The molecule has 1 aliphatic heterocycles. The SMILES string of the molecule is COC[C@H](C)NC(=O)CN1CCCCCCC1. The van der Waals surface area contributed by atoms with Gasteiger partial charge in [0.25, 0.3) is 0 Å². The third kappa shape index (κ3) is 6.64. The van der Waals surface area contributed by atoms with E-state index in [-0.39, 0.29) is 11.9 Å². The van der Waals surface area contributed by atoms with Crippen molar-refractivity contribution in [1.82, 2.24) is 10.2 Å². The first-order chi connectivity index (χ1) is 8.22. The number of nitrogens with one attached hydrogen (secondary N) is 1. The maximum atomic E-state index is 11.8. The molecule has 4 nitrogen and oxygen atoms in total. The zero-order valence-corrected chi connectivity index (χ0v) is 11.2. The molecule has 0 saturated carbocycles. The third-order valence-corrected chi connectivity index (χ3v) is 3.14.